The SMILES string of the molecule is C=CCN1C(=O)COc2ccc(NC(=O)CCc3ccc(C)cc3)cc21. The number of aryl methyl sites for hydroxylation is 2. The van der Waals surface area contributed by atoms with Gasteiger partial charge >= 0.3 is 0 Å². The summed E-state index contributed by atoms with van der Waals surface area (Å²) in [6, 6.07) is 13.5. The lowest BCUT2D eigenvalue weighted by molar-refractivity contribution is -0.121. The highest BCUT2D eigenvalue weighted by Gasteiger charge is 2.24. The van der Waals surface area contributed by atoms with Crippen molar-refractivity contribution in [2.45, 2.75) is 19.8 Å². The van der Waals surface area contributed by atoms with Crippen LogP contribution in [-0.4, -0.2) is 25.0 Å². The smallest absolute Gasteiger partial charge is 0.265 e. The first-order valence-electron chi connectivity index (χ1n) is 8.60. The number of benzene rings is 2. The highest BCUT2D eigenvalue weighted by molar-refractivity contribution is 5.99. The monoisotopic (exact) mass is 350 g/mol. The van der Waals surface area contributed by atoms with Crippen LogP contribution in [0.5, 0.6) is 5.75 Å². The second-order valence-electron chi connectivity index (χ2n) is 6.30. The Morgan fingerprint density at radius 3 is 2.77 bits per heavy atom. The Balaban J connectivity index is 1.66. The number of fused-ring (bicyclic) bond motifs is 1. The number of nitrogens with one attached hydrogen (secondary N) is 1. The Hall–Kier alpha value is -3.08. The van der Waals surface area contributed by atoms with Crippen molar-refractivity contribution in [2.24, 2.45) is 0 Å². The summed E-state index contributed by atoms with van der Waals surface area (Å²) < 4.78 is 5.45. The van der Waals surface area contributed by atoms with Gasteiger partial charge in [-0.25, -0.2) is 0 Å². The molecule has 5 nitrogen and oxygen atoms in total. The number of hydrogen-bond acceptors (Lipinski definition) is 3. The molecule has 0 unspecified atom stereocenters. The molecule has 0 radical (unpaired) electrons. The molecular formula is C21H22N2O3. The standard InChI is InChI=1S/C21H22N2O3/c1-3-12-23-18-13-17(9-10-19(18)26-14-21(23)25)22-20(24)11-8-16-6-4-15(2)5-7-16/h3-7,9-10,13H,1,8,11-12,14H2,2H3,(H,22,24). The van der Waals surface area contributed by atoms with Crippen LogP contribution in [0.3, 0.4) is 0 Å². The Morgan fingerprint density at radius 1 is 1.27 bits per heavy atom. The molecule has 0 spiro atoms. The van der Waals surface area contributed by atoms with Gasteiger partial charge in [0.2, 0.25) is 5.91 Å². The van der Waals surface area contributed by atoms with E-state index in [0.717, 1.165) is 5.56 Å². The molecule has 26 heavy (non-hydrogen) atoms. The van der Waals surface area contributed by atoms with Gasteiger partial charge in [-0.2, -0.15) is 0 Å². The molecule has 0 atom stereocenters. The number of rotatable bonds is 6. The van der Waals surface area contributed by atoms with Crippen molar-refractivity contribution < 1.29 is 14.3 Å². The molecule has 2 aromatic carbocycles. The van der Waals surface area contributed by atoms with Gasteiger partial charge < -0.3 is 15.0 Å². The molecular weight excluding hydrogens is 328 g/mol. The fourth-order valence-electron chi connectivity index (χ4n) is 2.85. The molecule has 2 amide bonds. The summed E-state index contributed by atoms with van der Waals surface area (Å²) in [7, 11) is 0. The Kier molecular flexibility index (Phi) is 5.37. The first-order chi connectivity index (χ1) is 12.6. The van der Waals surface area contributed by atoms with Gasteiger partial charge in [-0.05, 0) is 37.1 Å². The fourth-order valence-corrected chi connectivity index (χ4v) is 2.85. The van der Waals surface area contributed by atoms with Crippen molar-refractivity contribution in [1.29, 1.82) is 0 Å². The zero-order chi connectivity index (χ0) is 18.5. The van der Waals surface area contributed by atoms with E-state index in [0.29, 0.717) is 36.5 Å². The summed E-state index contributed by atoms with van der Waals surface area (Å²) in [5.41, 5.74) is 3.63. The summed E-state index contributed by atoms with van der Waals surface area (Å²) >= 11 is 0. The van der Waals surface area contributed by atoms with Crippen molar-refractivity contribution in [3.05, 3.63) is 66.2 Å². The van der Waals surface area contributed by atoms with Crippen LogP contribution in [0.25, 0.3) is 0 Å². The summed E-state index contributed by atoms with van der Waals surface area (Å²) in [4.78, 5) is 25.9. The van der Waals surface area contributed by atoms with E-state index in [1.54, 1.807) is 29.2 Å². The van der Waals surface area contributed by atoms with Crippen molar-refractivity contribution in [2.75, 3.05) is 23.4 Å². The van der Waals surface area contributed by atoms with Crippen LogP contribution < -0.4 is 15.0 Å². The van der Waals surface area contributed by atoms with Crippen LogP contribution in [0, 0.1) is 6.92 Å². The third-order valence-electron chi connectivity index (χ3n) is 4.26. The molecule has 5 heteroatoms. The third kappa shape index (κ3) is 4.11. The number of amides is 2. The summed E-state index contributed by atoms with van der Waals surface area (Å²) in [6.45, 7) is 6.15. The summed E-state index contributed by atoms with van der Waals surface area (Å²) in [5.74, 6) is 0.438. The lowest BCUT2D eigenvalue weighted by atomic mass is 10.1. The molecule has 2 aromatic rings. The highest BCUT2D eigenvalue weighted by Crippen LogP contribution is 2.34. The third-order valence-corrected chi connectivity index (χ3v) is 4.26. The van der Waals surface area contributed by atoms with E-state index in [4.69, 9.17) is 4.74 Å². The molecule has 1 heterocycles. The Morgan fingerprint density at radius 2 is 2.04 bits per heavy atom. The minimum Gasteiger partial charge on any atom is -0.482 e. The van der Waals surface area contributed by atoms with Gasteiger partial charge in [-0.15, -0.1) is 6.58 Å². The first kappa shape index (κ1) is 17.7. The average molecular weight is 350 g/mol. The zero-order valence-electron chi connectivity index (χ0n) is 14.8. The van der Waals surface area contributed by atoms with Crippen molar-refractivity contribution >= 4 is 23.2 Å². The van der Waals surface area contributed by atoms with Crippen LogP contribution in [-0.2, 0) is 16.0 Å². The average Bonchev–Trinajstić information content (AvgIpc) is 2.64. The second kappa shape index (κ2) is 7.87. The van der Waals surface area contributed by atoms with Gasteiger partial charge in [0.15, 0.2) is 6.61 Å². The van der Waals surface area contributed by atoms with Crippen LogP contribution in [0.4, 0.5) is 11.4 Å². The molecule has 0 saturated heterocycles. The molecule has 1 aliphatic heterocycles. The number of nitrogens with zero attached hydrogens (tertiary/aromatic N) is 1. The topological polar surface area (TPSA) is 58.6 Å². The first-order valence-corrected chi connectivity index (χ1v) is 8.60. The zero-order valence-corrected chi connectivity index (χ0v) is 14.8. The molecule has 3 rings (SSSR count). The molecule has 1 aliphatic rings. The van der Waals surface area contributed by atoms with Crippen LogP contribution >= 0.6 is 0 Å². The van der Waals surface area contributed by atoms with Crippen molar-refractivity contribution in [3.63, 3.8) is 0 Å². The maximum Gasteiger partial charge on any atom is 0.265 e. The quantitative estimate of drug-likeness (QED) is 0.812. The van der Waals surface area contributed by atoms with E-state index in [-0.39, 0.29) is 18.4 Å². The Labute approximate surface area is 153 Å². The van der Waals surface area contributed by atoms with E-state index < -0.39 is 0 Å². The van der Waals surface area contributed by atoms with Crippen LogP contribution in [0.15, 0.2) is 55.1 Å². The fraction of sp³-hybridized carbons (Fsp3) is 0.238. The predicted molar refractivity (Wildman–Crippen MR) is 103 cm³/mol. The largest absolute Gasteiger partial charge is 0.482 e. The van der Waals surface area contributed by atoms with Crippen molar-refractivity contribution in [1.82, 2.24) is 0 Å². The lowest BCUT2D eigenvalue weighted by Gasteiger charge is -2.28. The van der Waals surface area contributed by atoms with Crippen LogP contribution in [0.2, 0.25) is 0 Å². The lowest BCUT2D eigenvalue weighted by Crippen LogP contribution is -2.38. The molecule has 0 fully saturated rings. The summed E-state index contributed by atoms with van der Waals surface area (Å²) in [6.07, 6.45) is 2.74. The minimum absolute atomic E-state index is 0.0170. The number of ether oxygens (including phenoxy) is 1. The number of carbonyl (C=O) groups is 2. The van der Waals surface area contributed by atoms with Gasteiger partial charge in [0.1, 0.15) is 5.75 Å². The maximum absolute atomic E-state index is 12.3. The van der Waals surface area contributed by atoms with E-state index in [1.807, 2.05) is 31.2 Å². The van der Waals surface area contributed by atoms with Gasteiger partial charge in [-0.1, -0.05) is 35.9 Å². The molecule has 1 N–H and O–H groups in total. The van der Waals surface area contributed by atoms with E-state index in [1.165, 1.54) is 5.56 Å². The summed E-state index contributed by atoms with van der Waals surface area (Å²) in [5, 5.41) is 2.89. The van der Waals surface area contributed by atoms with E-state index in [2.05, 4.69) is 11.9 Å². The van der Waals surface area contributed by atoms with Gasteiger partial charge in [-0.3, -0.25) is 9.59 Å². The van der Waals surface area contributed by atoms with Crippen molar-refractivity contribution in [3.8, 4) is 5.75 Å². The second-order valence-corrected chi connectivity index (χ2v) is 6.30. The normalized spacial score (nSPS) is 13.0. The predicted octanol–water partition coefficient (Wildman–Crippen LogP) is 3.48. The molecule has 0 aliphatic carbocycles. The number of anilines is 2. The van der Waals surface area contributed by atoms with Crippen LogP contribution in [0.1, 0.15) is 17.5 Å². The molecule has 0 bridgehead atoms. The molecule has 0 saturated carbocycles. The Bertz CT molecular complexity index is 828. The minimum atomic E-state index is -0.125. The highest BCUT2D eigenvalue weighted by atomic mass is 16.5. The van der Waals surface area contributed by atoms with Gasteiger partial charge in [0.05, 0.1) is 5.69 Å². The number of hydrogen-bond donors (Lipinski definition) is 1. The van der Waals surface area contributed by atoms with Gasteiger partial charge in [0, 0.05) is 18.7 Å². The van der Waals surface area contributed by atoms with E-state index >= 15 is 0 Å². The number of carbonyl (C=O) groups excluding carboxylic acids is 2. The maximum atomic E-state index is 12.3. The van der Waals surface area contributed by atoms with Gasteiger partial charge in [0.25, 0.3) is 5.91 Å². The molecule has 0 aromatic heterocycles. The van der Waals surface area contributed by atoms with E-state index in [9.17, 15) is 9.59 Å². The molecule has 134 valence electrons.